The number of nitrogens with zero attached hydrogens (tertiary/aromatic N) is 6. The Morgan fingerprint density at radius 2 is 1.97 bits per heavy atom. The molecular weight excluding hydrogens is 366 g/mol. The van der Waals surface area contributed by atoms with Gasteiger partial charge in [-0.3, -0.25) is 14.4 Å². The Kier molecular flexibility index (Phi) is 6.41. The predicted molar refractivity (Wildman–Crippen MR) is 113 cm³/mol. The van der Waals surface area contributed by atoms with Crippen LogP contribution >= 0.6 is 0 Å². The summed E-state index contributed by atoms with van der Waals surface area (Å²) >= 11 is 0. The first-order valence-electron chi connectivity index (χ1n) is 10.6. The fraction of sp³-hybridized carbons (Fsp3) is 0.571. The van der Waals surface area contributed by atoms with Gasteiger partial charge in [0, 0.05) is 65.1 Å². The molecule has 2 saturated heterocycles. The molecule has 0 radical (unpaired) electrons. The van der Waals surface area contributed by atoms with E-state index in [-0.39, 0.29) is 5.91 Å². The van der Waals surface area contributed by atoms with Crippen molar-refractivity contribution < 1.29 is 4.79 Å². The molecule has 1 aromatic carbocycles. The molecule has 0 saturated carbocycles. The molecule has 2 aliphatic heterocycles. The molecule has 1 amide bonds. The van der Waals surface area contributed by atoms with E-state index in [1.54, 1.807) is 15.8 Å². The summed E-state index contributed by atoms with van der Waals surface area (Å²) < 4.78 is 1.79. The summed E-state index contributed by atoms with van der Waals surface area (Å²) in [6.45, 7) is 8.66. The molecule has 0 bridgehead atoms. The average Bonchev–Trinajstić information content (AvgIpc) is 3.43. The predicted octanol–water partition coefficient (Wildman–Crippen LogP) is 0.782. The highest BCUT2D eigenvalue weighted by Gasteiger charge is 2.26. The van der Waals surface area contributed by atoms with Gasteiger partial charge >= 0.3 is 0 Å². The molecule has 2 aliphatic rings. The van der Waals surface area contributed by atoms with Crippen LogP contribution in [0.15, 0.2) is 36.5 Å². The molecule has 2 aromatic rings. The summed E-state index contributed by atoms with van der Waals surface area (Å²) in [5, 5.41) is 11.6. The Morgan fingerprint density at radius 1 is 1.17 bits per heavy atom. The Labute approximate surface area is 172 Å². The lowest BCUT2D eigenvalue weighted by molar-refractivity contribution is 0.0770. The van der Waals surface area contributed by atoms with Crippen molar-refractivity contribution in [1.82, 2.24) is 30.1 Å². The number of benzene rings is 1. The van der Waals surface area contributed by atoms with Gasteiger partial charge in [0.1, 0.15) is 0 Å². The van der Waals surface area contributed by atoms with E-state index in [9.17, 15) is 4.79 Å². The van der Waals surface area contributed by atoms with Crippen LogP contribution in [0.5, 0.6) is 0 Å². The first kappa shape index (κ1) is 19.8. The highest BCUT2D eigenvalue weighted by molar-refractivity contribution is 5.91. The van der Waals surface area contributed by atoms with Crippen molar-refractivity contribution in [2.24, 2.45) is 5.92 Å². The third kappa shape index (κ3) is 5.13. The number of carbonyl (C=O) groups is 1. The van der Waals surface area contributed by atoms with Gasteiger partial charge in [0.2, 0.25) is 0 Å². The maximum Gasteiger partial charge on any atom is 0.275 e. The zero-order valence-corrected chi connectivity index (χ0v) is 17.2. The van der Waals surface area contributed by atoms with Gasteiger partial charge in [-0.25, -0.2) is 0 Å². The van der Waals surface area contributed by atoms with E-state index in [4.69, 9.17) is 0 Å². The number of anilines is 1. The summed E-state index contributed by atoms with van der Waals surface area (Å²) in [7, 11) is 1.87. The van der Waals surface area contributed by atoms with Gasteiger partial charge in [-0.2, -0.15) is 0 Å². The van der Waals surface area contributed by atoms with Gasteiger partial charge in [0.25, 0.3) is 5.91 Å². The summed E-state index contributed by atoms with van der Waals surface area (Å²) in [6, 6.07) is 10.5. The number of rotatable bonds is 7. The monoisotopic (exact) mass is 397 g/mol. The molecule has 8 nitrogen and oxygen atoms in total. The number of nitrogens with one attached hydrogen (secondary N) is 1. The highest BCUT2D eigenvalue weighted by Crippen LogP contribution is 2.24. The van der Waals surface area contributed by atoms with Crippen LogP contribution in [-0.2, 0) is 6.54 Å². The fourth-order valence-electron chi connectivity index (χ4n) is 4.21. The van der Waals surface area contributed by atoms with Crippen LogP contribution in [-0.4, -0.2) is 90.1 Å². The molecule has 156 valence electrons. The molecule has 2 fully saturated rings. The van der Waals surface area contributed by atoms with Crippen molar-refractivity contribution in [3.8, 4) is 0 Å². The lowest BCUT2D eigenvalue weighted by Gasteiger charge is -2.26. The summed E-state index contributed by atoms with van der Waals surface area (Å²) in [5.41, 5.74) is 1.70. The minimum absolute atomic E-state index is 0.0448. The van der Waals surface area contributed by atoms with Crippen LogP contribution in [0.2, 0.25) is 0 Å². The molecule has 1 aromatic heterocycles. The third-order valence-electron chi connectivity index (χ3n) is 5.90. The van der Waals surface area contributed by atoms with E-state index in [1.807, 2.05) is 13.1 Å². The van der Waals surface area contributed by atoms with Crippen molar-refractivity contribution in [3.05, 3.63) is 42.2 Å². The topological polar surface area (TPSA) is 69.5 Å². The Bertz CT molecular complexity index is 787. The van der Waals surface area contributed by atoms with Gasteiger partial charge in [0.05, 0.1) is 12.7 Å². The van der Waals surface area contributed by atoms with Crippen LogP contribution in [0.25, 0.3) is 0 Å². The van der Waals surface area contributed by atoms with E-state index in [0.29, 0.717) is 11.6 Å². The zero-order valence-electron chi connectivity index (χ0n) is 17.2. The Morgan fingerprint density at radius 3 is 2.76 bits per heavy atom. The summed E-state index contributed by atoms with van der Waals surface area (Å²) in [5.74, 6) is 0.434. The zero-order chi connectivity index (χ0) is 20.1. The fourth-order valence-corrected chi connectivity index (χ4v) is 4.21. The molecule has 0 aliphatic carbocycles. The van der Waals surface area contributed by atoms with Gasteiger partial charge in [-0.15, -0.1) is 5.10 Å². The Balaban J connectivity index is 1.25. The molecule has 3 heterocycles. The van der Waals surface area contributed by atoms with E-state index in [1.165, 1.54) is 5.69 Å². The van der Waals surface area contributed by atoms with Crippen LogP contribution < -0.4 is 10.2 Å². The summed E-state index contributed by atoms with van der Waals surface area (Å²) in [4.78, 5) is 19.4. The molecule has 4 rings (SSSR count). The second-order valence-corrected chi connectivity index (χ2v) is 8.08. The normalized spacial score (nSPS) is 20.2. The second kappa shape index (κ2) is 9.37. The Hall–Kier alpha value is -2.45. The van der Waals surface area contributed by atoms with Crippen molar-refractivity contribution in [3.63, 3.8) is 0 Å². The van der Waals surface area contributed by atoms with Crippen molar-refractivity contribution in [2.75, 3.05) is 64.3 Å². The van der Waals surface area contributed by atoms with Crippen LogP contribution in [0, 0.1) is 5.92 Å². The van der Waals surface area contributed by atoms with Crippen molar-refractivity contribution >= 4 is 11.6 Å². The van der Waals surface area contributed by atoms with E-state index in [0.717, 1.165) is 65.3 Å². The molecule has 1 unspecified atom stereocenters. The van der Waals surface area contributed by atoms with Crippen molar-refractivity contribution in [1.29, 1.82) is 0 Å². The molecule has 0 spiro atoms. The van der Waals surface area contributed by atoms with Gasteiger partial charge < -0.3 is 15.1 Å². The van der Waals surface area contributed by atoms with Crippen LogP contribution in [0.3, 0.4) is 0 Å². The lowest BCUT2D eigenvalue weighted by atomic mass is 10.1. The standard InChI is InChI=1S/C21H31N7O/c1-25(15-18-7-10-27(16-18)19-5-3-2-4-6-19)21(29)20-17-28(24-23-20)14-13-26-11-8-22-9-12-26/h2-6,17-18,22H,7-16H2,1H3. The minimum Gasteiger partial charge on any atom is -0.371 e. The summed E-state index contributed by atoms with van der Waals surface area (Å²) in [6.07, 6.45) is 2.88. The molecule has 1 N–H and O–H groups in total. The number of amides is 1. The molecule has 29 heavy (non-hydrogen) atoms. The first-order chi connectivity index (χ1) is 14.2. The molecule has 8 heteroatoms. The smallest absolute Gasteiger partial charge is 0.275 e. The number of piperazine rings is 1. The number of para-hydroxylation sites is 1. The van der Waals surface area contributed by atoms with E-state index in [2.05, 4.69) is 49.7 Å². The molecule has 1 atom stereocenters. The maximum atomic E-state index is 12.8. The van der Waals surface area contributed by atoms with Crippen molar-refractivity contribution in [2.45, 2.75) is 13.0 Å². The van der Waals surface area contributed by atoms with E-state index < -0.39 is 0 Å². The number of hydrogen-bond donors (Lipinski definition) is 1. The maximum absolute atomic E-state index is 12.8. The second-order valence-electron chi connectivity index (χ2n) is 8.08. The van der Waals surface area contributed by atoms with Gasteiger partial charge in [-0.05, 0) is 24.5 Å². The van der Waals surface area contributed by atoms with E-state index >= 15 is 0 Å². The SMILES string of the molecule is CN(CC1CCN(c2ccccc2)C1)C(=O)c1cn(CCN2CCNCC2)nn1. The lowest BCUT2D eigenvalue weighted by Crippen LogP contribution is -2.44. The third-order valence-corrected chi connectivity index (χ3v) is 5.90. The first-order valence-corrected chi connectivity index (χ1v) is 10.6. The average molecular weight is 398 g/mol. The van der Waals surface area contributed by atoms with Crippen LogP contribution in [0.4, 0.5) is 5.69 Å². The number of aromatic nitrogens is 3. The molecular formula is C21H31N7O. The highest BCUT2D eigenvalue weighted by atomic mass is 16.2. The largest absolute Gasteiger partial charge is 0.371 e. The number of carbonyl (C=O) groups excluding carboxylic acids is 1. The van der Waals surface area contributed by atoms with Gasteiger partial charge in [0.15, 0.2) is 5.69 Å². The van der Waals surface area contributed by atoms with Gasteiger partial charge in [-0.1, -0.05) is 23.4 Å². The minimum atomic E-state index is -0.0448. The quantitative estimate of drug-likeness (QED) is 0.745. The number of hydrogen-bond acceptors (Lipinski definition) is 6. The van der Waals surface area contributed by atoms with Crippen LogP contribution in [0.1, 0.15) is 16.9 Å².